The molecule has 5 atom stereocenters. The van der Waals surface area contributed by atoms with E-state index in [4.69, 9.17) is 37.0 Å². The van der Waals surface area contributed by atoms with Crippen LogP contribution in [-0.2, 0) is 65.4 Å². The third-order valence-corrected chi connectivity index (χ3v) is 18.2. The van der Waals surface area contributed by atoms with Gasteiger partial charge in [0.1, 0.15) is 19.3 Å². The van der Waals surface area contributed by atoms with Crippen LogP contribution in [0.25, 0.3) is 0 Å². The standard InChI is InChI=1S/C81H140O17P2/c1-5-9-13-17-21-25-29-32-35-37-40-42-46-49-53-57-61-65-78(83)91-71-76(97-80(85)67-63-59-55-51-45-28-24-20-16-12-8-4)73-95-99(87,88)93-69-75(82)70-94-100(89,90)96-74-77(98-81(86)68-64-60-56-52-48-44-39-34-31-27-23-19-15-11-7-3)72-92-79(84)66-62-58-54-50-47-43-41-38-36-33-30-26-22-18-14-10-6-2/h9-10,13-14,21-22,25-26,32-33,35-36,40-43,50,54,75-77,82H,5-8,11-12,15-20,23-24,27-31,34,37-39,44-49,51-53,55-74H2,1-4H3,(H,87,88)(H,89,90)/b13-9-,14-10-,25-21-,26-22-,35-32-,36-33-,42-40-,43-41-,54-50-. The molecule has 0 fully saturated rings. The summed E-state index contributed by atoms with van der Waals surface area (Å²) < 4.78 is 68.5. The fraction of sp³-hybridized carbons (Fsp3) is 0.728. The zero-order chi connectivity index (χ0) is 73.2. The maximum absolute atomic E-state index is 13.1. The fourth-order valence-corrected chi connectivity index (χ4v) is 11.9. The summed E-state index contributed by atoms with van der Waals surface area (Å²) in [4.78, 5) is 72.9. The minimum Gasteiger partial charge on any atom is -0.462 e. The van der Waals surface area contributed by atoms with Crippen LogP contribution in [0, 0.1) is 0 Å². The van der Waals surface area contributed by atoms with Crippen molar-refractivity contribution in [2.45, 2.75) is 341 Å². The highest BCUT2D eigenvalue weighted by molar-refractivity contribution is 7.47. The number of hydrogen-bond acceptors (Lipinski definition) is 15. The molecule has 17 nitrogen and oxygen atoms in total. The van der Waals surface area contributed by atoms with Gasteiger partial charge in [-0.2, -0.15) is 0 Å². The molecule has 0 rings (SSSR count). The number of carbonyl (C=O) groups excluding carboxylic acids is 4. The second-order valence-electron chi connectivity index (χ2n) is 25.9. The first-order chi connectivity index (χ1) is 48.7. The Morgan fingerprint density at radius 2 is 0.530 bits per heavy atom. The second kappa shape index (κ2) is 73.0. The van der Waals surface area contributed by atoms with E-state index in [1.54, 1.807) is 0 Å². The lowest BCUT2D eigenvalue weighted by atomic mass is 10.0. The molecule has 0 aromatic heterocycles. The van der Waals surface area contributed by atoms with Crippen LogP contribution in [0.1, 0.15) is 323 Å². The molecule has 0 aromatic rings. The molecule has 5 unspecified atom stereocenters. The van der Waals surface area contributed by atoms with Gasteiger partial charge < -0.3 is 33.8 Å². The van der Waals surface area contributed by atoms with Crippen molar-refractivity contribution in [1.29, 1.82) is 0 Å². The van der Waals surface area contributed by atoms with Crippen molar-refractivity contribution in [2.24, 2.45) is 0 Å². The monoisotopic (exact) mass is 1450 g/mol. The summed E-state index contributed by atoms with van der Waals surface area (Å²) in [6.45, 7) is 4.58. The first kappa shape index (κ1) is 95.7. The molecule has 0 aromatic carbocycles. The largest absolute Gasteiger partial charge is 0.472 e. The van der Waals surface area contributed by atoms with E-state index < -0.39 is 97.5 Å². The molecule has 0 spiro atoms. The lowest BCUT2D eigenvalue weighted by Gasteiger charge is -2.21. The fourth-order valence-electron chi connectivity index (χ4n) is 10.4. The van der Waals surface area contributed by atoms with Crippen LogP contribution in [0.4, 0.5) is 0 Å². The van der Waals surface area contributed by atoms with Crippen molar-refractivity contribution in [3.63, 3.8) is 0 Å². The van der Waals surface area contributed by atoms with Crippen molar-refractivity contribution < 1.29 is 80.2 Å². The predicted molar refractivity (Wildman–Crippen MR) is 408 cm³/mol. The van der Waals surface area contributed by atoms with Crippen molar-refractivity contribution in [2.75, 3.05) is 39.6 Å². The van der Waals surface area contributed by atoms with Gasteiger partial charge in [0.25, 0.3) is 0 Å². The number of unbranched alkanes of at least 4 members (excludes halogenated alkanes) is 29. The zero-order valence-electron chi connectivity index (χ0n) is 62.8. The van der Waals surface area contributed by atoms with Crippen LogP contribution in [0.2, 0.25) is 0 Å². The van der Waals surface area contributed by atoms with E-state index in [-0.39, 0.29) is 25.7 Å². The van der Waals surface area contributed by atoms with E-state index in [1.165, 1.54) is 103 Å². The molecule has 0 bridgehead atoms. The van der Waals surface area contributed by atoms with E-state index in [1.807, 2.05) is 12.2 Å². The molecular formula is C81H140O17P2. The number of phosphoric acid groups is 2. The van der Waals surface area contributed by atoms with Gasteiger partial charge in [-0.25, -0.2) is 9.13 Å². The number of ether oxygens (including phenoxy) is 4. The van der Waals surface area contributed by atoms with Crippen LogP contribution < -0.4 is 0 Å². The lowest BCUT2D eigenvalue weighted by Crippen LogP contribution is -2.30. The second-order valence-corrected chi connectivity index (χ2v) is 28.8. The van der Waals surface area contributed by atoms with E-state index in [2.05, 4.69) is 125 Å². The summed E-state index contributed by atoms with van der Waals surface area (Å²) >= 11 is 0. The average molecular weight is 1450 g/mol. The quantitative estimate of drug-likeness (QED) is 0.0169. The zero-order valence-corrected chi connectivity index (χ0v) is 64.6. The van der Waals surface area contributed by atoms with Gasteiger partial charge in [0.2, 0.25) is 0 Å². The molecule has 0 heterocycles. The third-order valence-electron chi connectivity index (χ3n) is 16.3. The van der Waals surface area contributed by atoms with Gasteiger partial charge in [0.05, 0.1) is 26.4 Å². The minimum atomic E-state index is -4.99. The van der Waals surface area contributed by atoms with E-state index in [9.17, 15) is 43.2 Å². The first-order valence-electron chi connectivity index (χ1n) is 39.1. The third kappa shape index (κ3) is 72.1. The summed E-state index contributed by atoms with van der Waals surface area (Å²) in [7, 11) is -9.97. The minimum absolute atomic E-state index is 0.0842. The number of aliphatic hydroxyl groups is 1. The predicted octanol–water partition coefficient (Wildman–Crippen LogP) is 22.6. The number of hydrogen-bond donors (Lipinski definition) is 3. The molecule has 0 radical (unpaired) electrons. The average Bonchev–Trinajstić information content (AvgIpc) is 1.02. The highest BCUT2D eigenvalue weighted by atomic mass is 31.2. The first-order valence-corrected chi connectivity index (χ1v) is 42.1. The van der Waals surface area contributed by atoms with Crippen LogP contribution >= 0.6 is 15.6 Å². The summed E-state index contributed by atoms with van der Waals surface area (Å²) in [5, 5.41) is 10.6. The van der Waals surface area contributed by atoms with Crippen molar-refractivity contribution >= 4 is 39.5 Å². The molecule has 3 N–H and O–H groups in total. The van der Waals surface area contributed by atoms with Crippen LogP contribution in [0.15, 0.2) is 109 Å². The smallest absolute Gasteiger partial charge is 0.462 e. The number of rotatable bonds is 73. The molecule has 0 saturated carbocycles. The van der Waals surface area contributed by atoms with Gasteiger partial charge >= 0.3 is 39.5 Å². The highest BCUT2D eigenvalue weighted by Gasteiger charge is 2.30. The summed E-state index contributed by atoms with van der Waals surface area (Å²) in [6, 6.07) is 0. The Morgan fingerprint density at radius 1 is 0.290 bits per heavy atom. The molecule has 0 aliphatic carbocycles. The SMILES string of the molecule is CC/C=C\C/C=C\C/C=C\C/C=C\C/C=C\CCCC(=O)OCC(COP(=O)(O)OCC(O)COP(=O)(O)OCC(COC(=O)CCCCCC/C=C\C/C=C\C/C=C\C/C=C\CC)OC(=O)CCCCCCCCCCCCC)OC(=O)CCCCCCCCCCCCCCCCC. The summed E-state index contributed by atoms with van der Waals surface area (Å²) in [5.41, 5.74) is 0. The number of esters is 4. The van der Waals surface area contributed by atoms with Crippen molar-refractivity contribution in [3.05, 3.63) is 109 Å². The molecule has 100 heavy (non-hydrogen) atoms. The number of aliphatic hydroxyl groups excluding tert-OH is 1. The Kier molecular flexibility index (Phi) is 69.9. The van der Waals surface area contributed by atoms with Crippen LogP contribution in [0.5, 0.6) is 0 Å². The van der Waals surface area contributed by atoms with Gasteiger partial charge in [-0.15, -0.1) is 0 Å². The Labute approximate surface area is 607 Å². The number of carbonyl (C=O) groups is 4. The summed E-state index contributed by atoms with van der Waals surface area (Å²) in [5.74, 6) is -2.25. The van der Waals surface area contributed by atoms with Crippen LogP contribution in [-0.4, -0.2) is 96.7 Å². The molecule has 0 amide bonds. The highest BCUT2D eigenvalue weighted by Crippen LogP contribution is 2.45. The van der Waals surface area contributed by atoms with E-state index in [0.717, 1.165) is 135 Å². The molecule has 576 valence electrons. The summed E-state index contributed by atoms with van der Waals surface area (Å²) in [6.07, 6.45) is 78.0. The Bertz CT molecular complexity index is 2320. The Morgan fingerprint density at radius 3 is 0.840 bits per heavy atom. The molecule has 0 aliphatic heterocycles. The molecule has 19 heteroatoms. The maximum atomic E-state index is 13.1. The number of phosphoric ester groups is 2. The van der Waals surface area contributed by atoms with Gasteiger partial charge in [-0.1, -0.05) is 304 Å². The van der Waals surface area contributed by atoms with Crippen molar-refractivity contribution in [3.8, 4) is 0 Å². The Balaban J connectivity index is 5.38. The maximum Gasteiger partial charge on any atom is 0.472 e. The van der Waals surface area contributed by atoms with Gasteiger partial charge in [-0.05, 0) is 103 Å². The molecule has 0 aliphatic rings. The number of allylic oxidation sites excluding steroid dienone is 18. The van der Waals surface area contributed by atoms with Gasteiger partial charge in [-0.3, -0.25) is 37.3 Å². The lowest BCUT2D eigenvalue weighted by molar-refractivity contribution is -0.161. The Hall–Kier alpha value is -4.28. The normalized spacial score (nSPS) is 14.5. The van der Waals surface area contributed by atoms with Gasteiger partial charge in [0.15, 0.2) is 12.2 Å². The van der Waals surface area contributed by atoms with Crippen molar-refractivity contribution in [1.82, 2.24) is 0 Å². The topological polar surface area (TPSA) is 237 Å². The molecular weight excluding hydrogens is 1310 g/mol. The van der Waals surface area contributed by atoms with Gasteiger partial charge in [0, 0.05) is 25.7 Å². The van der Waals surface area contributed by atoms with E-state index >= 15 is 0 Å². The van der Waals surface area contributed by atoms with Crippen LogP contribution in [0.3, 0.4) is 0 Å². The van der Waals surface area contributed by atoms with E-state index in [0.29, 0.717) is 32.1 Å². The molecule has 0 saturated heterocycles.